The molecule has 1 aromatic carbocycles. The van der Waals surface area contributed by atoms with Gasteiger partial charge in [0.25, 0.3) is 0 Å². The van der Waals surface area contributed by atoms with E-state index in [1.807, 2.05) is 34.6 Å². The quantitative estimate of drug-likeness (QED) is 0.696. The van der Waals surface area contributed by atoms with Gasteiger partial charge in [0.15, 0.2) is 0 Å². The van der Waals surface area contributed by atoms with Gasteiger partial charge in [-0.15, -0.1) is 0 Å². The van der Waals surface area contributed by atoms with E-state index in [-0.39, 0.29) is 0 Å². The van der Waals surface area contributed by atoms with Crippen molar-refractivity contribution < 1.29 is 4.74 Å². The molecule has 64 valence electrons. The van der Waals surface area contributed by atoms with Crippen LogP contribution in [0, 0.1) is 0 Å². The maximum atomic E-state index is 5.63. The van der Waals surface area contributed by atoms with E-state index in [4.69, 9.17) is 4.74 Å². The van der Waals surface area contributed by atoms with Crippen molar-refractivity contribution in [3.8, 4) is 5.75 Å². The highest BCUT2D eigenvalue weighted by Crippen LogP contribution is 2.17. The molecule has 0 saturated carbocycles. The van der Waals surface area contributed by atoms with E-state index in [1.165, 1.54) is 0 Å². The van der Waals surface area contributed by atoms with Gasteiger partial charge in [-0.25, -0.2) is 4.31 Å². The van der Waals surface area contributed by atoms with Gasteiger partial charge in [-0.3, -0.25) is 0 Å². The van der Waals surface area contributed by atoms with Gasteiger partial charge in [-0.05, 0) is 12.1 Å². The molecule has 0 bridgehead atoms. The molecule has 1 aliphatic rings. The fraction of sp³-hybridized carbons (Fsp3) is 0.333. The van der Waals surface area contributed by atoms with Crippen molar-refractivity contribution in [1.29, 1.82) is 0 Å². The van der Waals surface area contributed by atoms with Gasteiger partial charge in [-0.1, -0.05) is 31.0 Å². The van der Waals surface area contributed by atoms with Crippen LogP contribution in [0.5, 0.6) is 5.75 Å². The first-order chi connectivity index (χ1) is 5.84. The van der Waals surface area contributed by atoms with E-state index >= 15 is 0 Å². The van der Waals surface area contributed by atoms with Crippen LogP contribution in [0.25, 0.3) is 0 Å². The normalized spacial score (nSPS) is 18.8. The average molecular weight is 181 g/mol. The Morgan fingerprint density at radius 3 is 2.50 bits per heavy atom. The topological polar surface area (TPSA) is 12.5 Å². The van der Waals surface area contributed by atoms with Crippen LogP contribution >= 0.6 is 12.8 Å². The van der Waals surface area contributed by atoms with Gasteiger partial charge in [0, 0.05) is 13.1 Å². The smallest absolute Gasteiger partial charge is 0.126 e. The standard InChI is InChI=1S/C9H11NOS/c12-10-6-9(7-10)11-8-4-2-1-3-5-8/h1-5,9,12H,6-7H2. The first-order valence-electron chi connectivity index (χ1n) is 4.00. The van der Waals surface area contributed by atoms with Crippen molar-refractivity contribution in [3.05, 3.63) is 30.3 Å². The molecule has 1 aliphatic heterocycles. The minimum absolute atomic E-state index is 0.324. The molecular formula is C9H11NOS. The van der Waals surface area contributed by atoms with Crippen LogP contribution in [0.15, 0.2) is 30.3 Å². The van der Waals surface area contributed by atoms with Crippen molar-refractivity contribution in [3.63, 3.8) is 0 Å². The average Bonchev–Trinajstić information content (AvgIpc) is 2.04. The molecule has 12 heavy (non-hydrogen) atoms. The Bertz CT molecular complexity index is 246. The number of para-hydroxylation sites is 1. The van der Waals surface area contributed by atoms with Crippen molar-refractivity contribution >= 4 is 12.8 Å². The van der Waals surface area contributed by atoms with Gasteiger partial charge in [0.2, 0.25) is 0 Å². The third-order valence-electron chi connectivity index (χ3n) is 1.87. The SMILES string of the molecule is SN1CC(Oc2ccccc2)C1. The first kappa shape index (κ1) is 7.95. The molecule has 1 heterocycles. The van der Waals surface area contributed by atoms with Crippen molar-refractivity contribution in [2.45, 2.75) is 6.10 Å². The molecule has 0 unspecified atom stereocenters. The molecule has 1 saturated heterocycles. The lowest BCUT2D eigenvalue weighted by molar-refractivity contribution is 0.0852. The second kappa shape index (κ2) is 3.37. The number of nitrogens with zero attached hydrogens (tertiary/aromatic N) is 1. The number of benzene rings is 1. The molecule has 2 nitrogen and oxygen atoms in total. The fourth-order valence-corrected chi connectivity index (χ4v) is 1.55. The van der Waals surface area contributed by atoms with E-state index in [0.717, 1.165) is 18.8 Å². The Labute approximate surface area is 77.7 Å². The molecule has 3 heteroatoms. The summed E-state index contributed by atoms with van der Waals surface area (Å²) < 4.78 is 7.57. The Kier molecular flexibility index (Phi) is 2.23. The summed E-state index contributed by atoms with van der Waals surface area (Å²) in [6.07, 6.45) is 0.324. The molecule has 0 atom stereocenters. The van der Waals surface area contributed by atoms with Gasteiger partial charge >= 0.3 is 0 Å². The van der Waals surface area contributed by atoms with E-state index in [2.05, 4.69) is 12.8 Å². The number of rotatable bonds is 2. The van der Waals surface area contributed by atoms with Crippen molar-refractivity contribution in [2.75, 3.05) is 13.1 Å². The van der Waals surface area contributed by atoms with Gasteiger partial charge in [0.05, 0.1) is 0 Å². The fourth-order valence-electron chi connectivity index (χ4n) is 1.18. The molecule has 1 fully saturated rings. The predicted octanol–water partition coefficient (Wildman–Crippen LogP) is 1.59. The summed E-state index contributed by atoms with van der Waals surface area (Å²) in [5.41, 5.74) is 0. The Balaban J connectivity index is 1.88. The maximum absolute atomic E-state index is 5.63. The van der Waals surface area contributed by atoms with Crippen LogP contribution in [0.4, 0.5) is 0 Å². The summed E-state index contributed by atoms with van der Waals surface area (Å²) in [4.78, 5) is 0. The summed E-state index contributed by atoms with van der Waals surface area (Å²) in [5.74, 6) is 0.948. The second-order valence-corrected chi connectivity index (χ2v) is 3.49. The Morgan fingerprint density at radius 1 is 1.25 bits per heavy atom. The molecule has 0 aliphatic carbocycles. The molecule has 0 amide bonds. The van der Waals surface area contributed by atoms with Gasteiger partial charge in [0.1, 0.15) is 11.9 Å². The van der Waals surface area contributed by atoms with Crippen molar-refractivity contribution in [2.24, 2.45) is 0 Å². The van der Waals surface area contributed by atoms with Crippen LogP contribution < -0.4 is 4.74 Å². The van der Waals surface area contributed by atoms with Crippen molar-refractivity contribution in [1.82, 2.24) is 4.31 Å². The highest BCUT2D eigenvalue weighted by Gasteiger charge is 2.25. The lowest BCUT2D eigenvalue weighted by Gasteiger charge is -2.34. The molecule has 0 N–H and O–H groups in total. The number of hydrogen-bond donors (Lipinski definition) is 1. The van der Waals surface area contributed by atoms with E-state index in [1.54, 1.807) is 0 Å². The Morgan fingerprint density at radius 2 is 1.92 bits per heavy atom. The minimum atomic E-state index is 0.324. The molecule has 2 rings (SSSR count). The van der Waals surface area contributed by atoms with Crippen LogP contribution in [0.1, 0.15) is 0 Å². The zero-order valence-corrected chi connectivity index (χ0v) is 7.58. The summed E-state index contributed by atoms with van der Waals surface area (Å²) >= 11 is 4.16. The van der Waals surface area contributed by atoms with Gasteiger partial charge in [-0.2, -0.15) is 0 Å². The van der Waals surface area contributed by atoms with E-state index in [0.29, 0.717) is 6.10 Å². The number of thiol groups is 1. The molecule has 0 spiro atoms. The number of ether oxygens (including phenoxy) is 1. The summed E-state index contributed by atoms with van der Waals surface area (Å²) in [6, 6.07) is 9.89. The minimum Gasteiger partial charge on any atom is -0.488 e. The lowest BCUT2D eigenvalue weighted by Crippen LogP contribution is -2.48. The summed E-state index contributed by atoms with van der Waals surface area (Å²) in [5, 5.41) is 0. The lowest BCUT2D eigenvalue weighted by atomic mass is 10.2. The maximum Gasteiger partial charge on any atom is 0.126 e. The molecule has 0 aromatic heterocycles. The highest BCUT2D eigenvalue weighted by molar-refractivity contribution is 7.77. The first-order valence-corrected chi connectivity index (χ1v) is 4.40. The van der Waals surface area contributed by atoms with E-state index in [9.17, 15) is 0 Å². The van der Waals surface area contributed by atoms with Crippen LogP contribution in [-0.4, -0.2) is 23.5 Å². The zero-order chi connectivity index (χ0) is 8.39. The number of hydrogen-bond acceptors (Lipinski definition) is 3. The van der Waals surface area contributed by atoms with Crippen LogP contribution in [0.2, 0.25) is 0 Å². The molecule has 0 radical (unpaired) electrons. The van der Waals surface area contributed by atoms with E-state index < -0.39 is 0 Å². The third kappa shape index (κ3) is 1.73. The second-order valence-electron chi connectivity index (χ2n) is 2.92. The summed E-state index contributed by atoms with van der Waals surface area (Å²) in [6.45, 7) is 1.83. The molecule has 1 aromatic rings. The van der Waals surface area contributed by atoms with Gasteiger partial charge < -0.3 is 4.74 Å². The third-order valence-corrected chi connectivity index (χ3v) is 2.20. The largest absolute Gasteiger partial charge is 0.488 e. The summed E-state index contributed by atoms with van der Waals surface area (Å²) in [7, 11) is 0. The van der Waals surface area contributed by atoms with Crippen LogP contribution in [-0.2, 0) is 0 Å². The highest BCUT2D eigenvalue weighted by atomic mass is 32.1. The monoisotopic (exact) mass is 181 g/mol. The predicted molar refractivity (Wildman–Crippen MR) is 51.4 cm³/mol. The zero-order valence-electron chi connectivity index (χ0n) is 6.68. The Hall–Kier alpha value is -0.670. The van der Waals surface area contributed by atoms with Crippen LogP contribution in [0.3, 0.4) is 0 Å². The molecular weight excluding hydrogens is 170 g/mol.